The number of carbonyl (C=O) groups is 1. The predicted molar refractivity (Wildman–Crippen MR) is 48.1 cm³/mol. The zero-order chi connectivity index (χ0) is 9.68. The first-order valence-corrected chi connectivity index (χ1v) is 4.44. The summed E-state index contributed by atoms with van der Waals surface area (Å²) >= 11 is 0. The molecule has 70 valence electrons. The number of nitrogens with zero attached hydrogens (tertiary/aromatic N) is 1. The summed E-state index contributed by atoms with van der Waals surface area (Å²) in [6.07, 6.45) is 3.06. The van der Waals surface area contributed by atoms with Crippen LogP contribution in [0, 0.1) is 0 Å². The molecule has 0 radical (unpaired) electrons. The van der Waals surface area contributed by atoms with Crippen LogP contribution in [0.25, 0.3) is 0 Å². The fourth-order valence-electron chi connectivity index (χ4n) is 1.43. The van der Waals surface area contributed by atoms with Gasteiger partial charge in [0, 0.05) is 0 Å². The Morgan fingerprint density at radius 3 is 3.08 bits per heavy atom. The summed E-state index contributed by atoms with van der Waals surface area (Å²) in [5, 5.41) is 0. The third-order valence-electron chi connectivity index (χ3n) is 2.10. The monoisotopic (exact) mass is 181 g/mol. The molecule has 1 heterocycles. The Balaban J connectivity index is 2.51. The average molecular weight is 181 g/mol. The van der Waals surface area contributed by atoms with Crippen LogP contribution in [0.15, 0.2) is 4.99 Å². The van der Waals surface area contributed by atoms with E-state index in [1.165, 1.54) is 6.11 Å². The first-order chi connectivity index (χ1) is 6.27. The molecule has 1 fully saturated rings. The second-order valence-corrected chi connectivity index (χ2v) is 2.98. The summed E-state index contributed by atoms with van der Waals surface area (Å²) in [4.78, 5) is 14.8. The van der Waals surface area contributed by atoms with Gasteiger partial charge in [-0.05, 0) is 0 Å². The van der Waals surface area contributed by atoms with E-state index in [9.17, 15) is 9.50 Å². The molecule has 0 aromatic heterocycles. The van der Waals surface area contributed by atoms with E-state index in [4.69, 9.17) is 4.74 Å². The normalized spacial score (nSPS) is 24.4. The molecule has 5 heteroatoms. The molecule has 0 N–H and O–H groups in total. The van der Waals surface area contributed by atoms with Crippen LogP contribution in [0.2, 0.25) is 0 Å². The molecule has 1 saturated heterocycles. The summed E-state index contributed by atoms with van der Waals surface area (Å²) in [5.74, 6) is -0.162. The van der Waals surface area contributed by atoms with Crippen LogP contribution in [0.1, 0.15) is 26.2 Å². The Labute approximate surface area is 77.6 Å². The van der Waals surface area contributed by atoms with E-state index in [1.54, 1.807) is 0 Å². The molecule has 1 aliphatic rings. The summed E-state index contributed by atoms with van der Waals surface area (Å²) in [6, 6.07) is -0.0587. The van der Waals surface area contributed by atoms with Gasteiger partial charge in [-0.25, -0.2) is 0 Å². The molecule has 0 aromatic carbocycles. The minimum atomic E-state index is -0.162. The molecule has 2 atom stereocenters. The Kier molecular flexibility index (Phi) is 3.80. The molecule has 4 nitrogen and oxygen atoms in total. The second-order valence-electron chi connectivity index (χ2n) is 2.98. The van der Waals surface area contributed by atoms with Gasteiger partial charge in [0.2, 0.25) is 0 Å². The van der Waals surface area contributed by atoms with E-state index >= 15 is 0 Å². The maximum atomic E-state index is 10.8. The van der Waals surface area contributed by atoms with E-state index < -0.39 is 0 Å². The third kappa shape index (κ3) is 2.75. The number of ether oxygens (including phenoxy) is 1. The van der Waals surface area contributed by atoms with Gasteiger partial charge < -0.3 is 0 Å². The first kappa shape index (κ1) is 10.1. The minimum absolute atomic E-state index is 0.0587. The molecule has 0 aromatic rings. The summed E-state index contributed by atoms with van der Waals surface area (Å²) in [5.41, 5.74) is 0. The average Bonchev–Trinajstić information content (AvgIpc) is 2.54. The molecule has 0 aliphatic carbocycles. The maximum absolute atomic E-state index is 10.8. The van der Waals surface area contributed by atoms with Crippen LogP contribution >= 0.6 is 0 Å². The van der Waals surface area contributed by atoms with Gasteiger partial charge in [-0.3, -0.25) is 0 Å². The van der Waals surface area contributed by atoms with Gasteiger partial charge in [0.05, 0.1) is 0 Å². The van der Waals surface area contributed by atoms with Crippen LogP contribution in [-0.4, -0.2) is 31.4 Å². The molecule has 0 bridgehead atoms. The van der Waals surface area contributed by atoms with E-state index in [0.717, 1.165) is 6.42 Å². The van der Waals surface area contributed by atoms with Gasteiger partial charge in [-0.2, -0.15) is 0 Å². The number of rotatable bonds is 4. The molecule has 1 unspecified atom stereocenters. The van der Waals surface area contributed by atoms with E-state index in [2.05, 4.69) is 4.99 Å². The van der Waals surface area contributed by atoms with Crippen LogP contribution < -0.4 is 0 Å². The van der Waals surface area contributed by atoms with Crippen LogP contribution in [0.4, 0.5) is 0 Å². The summed E-state index contributed by atoms with van der Waals surface area (Å²) < 4.78 is 15.1. The zero-order valence-electron chi connectivity index (χ0n) is 7.60. The quantitative estimate of drug-likeness (QED) is 0.361. The van der Waals surface area contributed by atoms with Crippen molar-refractivity contribution < 1.29 is 14.2 Å². The van der Waals surface area contributed by atoms with Crippen molar-refractivity contribution in [2.75, 3.05) is 0 Å². The first-order valence-electron chi connectivity index (χ1n) is 4.44. The molecular weight excluding hydrogens is 169 g/mol. The molecule has 0 amide bonds. The van der Waals surface area contributed by atoms with Crippen molar-refractivity contribution in [2.24, 2.45) is 4.99 Å². The molecule has 0 spiro atoms. The standard InChI is InChI=1S/C8H12BNO3/c1-2-6(10-5-9-12)7-3-4-8(11)13-7/h5-7H,2-4H2,1H3/t6?,7-/m0/s1. The van der Waals surface area contributed by atoms with Gasteiger partial charge in [-0.15, -0.1) is 0 Å². The van der Waals surface area contributed by atoms with E-state index in [-0.39, 0.29) is 18.1 Å². The van der Waals surface area contributed by atoms with Gasteiger partial charge in [0.1, 0.15) is 0 Å². The van der Waals surface area contributed by atoms with Crippen molar-refractivity contribution in [3.8, 4) is 0 Å². The van der Waals surface area contributed by atoms with Gasteiger partial charge in [0.25, 0.3) is 0 Å². The fourth-order valence-corrected chi connectivity index (χ4v) is 1.43. The molecule has 13 heavy (non-hydrogen) atoms. The number of hydrogen-bond donors (Lipinski definition) is 0. The summed E-state index contributed by atoms with van der Waals surface area (Å²) in [6.45, 7) is 1.96. The van der Waals surface area contributed by atoms with Crippen molar-refractivity contribution in [1.29, 1.82) is 0 Å². The van der Waals surface area contributed by atoms with Crippen molar-refractivity contribution in [3.63, 3.8) is 0 Å². The molecule has 1 rings (SSSR count). The molecule has 1 aliphatic heterocycles. The van der Waals surface area contributed by atoms with Crippen LogP contribution in [0.5, 0.6) is 0 Å². The van der Waals surface area contributed by atoms with Gasteiger partial charge in [0.15, 0.2) is 0 Å². The SMILES string of the molecule is CCC(N=CB=O)[C@@H]1CCC(=O)O1. The Morgan fingerprint density at radius 1 is 1.85 bits per heavy atom. The second kappa shape index (κ2) is 4.89. The predicted octanol–water partition coefficient (Wildman–Crippen LogP) is 0.549. The number of aliphatic imine (C=N–C) groups is 1. The Hall–Kier alpha value is -0.995. The third-order valence-corrected chi connectivity index (χ3v) is 2.10. The fraction of sp³-hybridized carbons (Fsp3) is 0.750. The molecular formula is C8H12BNO3. The number of esters is 1. The topological polar surface area (TPSA) is 55.7 Å². The Bertz CT molecular complexity index is 229. The number of carbonyl (C=O) groups excluding carboxylic acids is 1. The number of cyclic esters (lactones) is 1. The zero-order valence-corrected chi connectivity index (χ0v) is 7.60. The van der Waals surface area contributed by atoms with Crippen molar-refractivity contribution >= 4 is 19.2 Å². The van der Waals surface area contributed by atoms with Crippen LogP contribution in [0.3, 0.4) is 0 Å². The Morgan fingerprint density at radius 2 is 2.62 bits per heavy atom. The van der Waals surface area contributed by atoms with E-state index in [1.807, 2.05) is 6.92 Å². The van der Waals surface area contributed by atoms with Crippen LogP contribution in [-0.2, 0) is 14.2 Å². The van der Waals surface area contributed by atoms with Gasteiger partial charge >= 0.3 is 76.8 Å². The number of hydrogen-bond acceptors (Lipinski definition) is 4. The molecule has 0 saturated carbocycles. The summed E-state index contributed by atoms with van der Waals surface area (Å²) in [7, 11) is 0.638. The van der Waals surface area contributed by atoms with Crippen molar-refractivity contribution in [2.45, 2.75) is 38.3 Å². The van der Waals surface area contributed by atoms with E-state index in [0.29, 0.717) is 20.0 Å². The van der Waals surface area contributed by atoms with Crippen molar-refractivity contribution in [1.82, 2.24) is 0 Å². The van der Waals surface area contributed by atoms with Gasteiger partial charge in [-0.1, -0.05) is 0 Å². The van der Waals surface area contributed by atoms with Crippen molar-refractivity contribution in [3.05, 3.63) is 0 Å².